The fraction of sp³-hybridized carbons (Fsp3) is 0.409. The van der Waals surface area contributed by atoms with Crippen molar-refractivity contribution in [2.75, 3.05) is 57.2 Å². The molecule has 1 heterocycles. The molecule has 0 atom stereocenters. The van der Waals surface area contributed by atoms with E-state index in [4.69, 9.17) is 9.47 Å². The highest BCUT2D eigenvalue weighted by Crippen LogP contribution is 2.29. The number of piperazine rings is 1. The Morgan fingerprint density at radius 3 is 2.46 bits per heavy atom. The maximum atomic E-state index is 12.7. The van der Waals surface area contributed by atoms with Gasteiger partial charge in [-0.3, -0.25) is 4.79 Å². The monoisotopic (exact) mass is 383 g/mol. The van der Waals surface area contributed by atoms with Gasteiger partial charge < -0.3 is 24.6 Å². The van der Waals surface area contributed by atoms with Gasteiger partial charge in [0.15, 0.2) is 0 Å². The summed E-state index contributed by atoms with van der Waals surface area (Å²) in [5, 5.41) is 3.19. The molecule has 1 N–H and O–H groups in total. The normalized spacial score (nSPS) is 14.0. The highest BCUT2D eigenvalue weighted by Gasteiger charge is 2.22. The third kappa shape index (κ3) is 4.32. The van der Waals surface area contributed by atoms with Crippen LogP contribution in [0.2, 0.25) is 0 Å². The van der Waals surface area contributed by atoms with Gasteiger partial charge in [-0.15, -0.1) is 0 Å². The minimum Gasteiger partial charge on any atom is -0.497 e. The number of methoxy groups -OCH3 is 2. The molecule has 0 unspecified atom stereocenters. The number of amides is 1. The lowest BCUT2D eigenvalue weighted by Gasteiger charge is -2.37. The number of aryl methyl sites for hydroxylation is 1. The third-order valence-electron chi connectivity index (χ3n) is 5.39. The number of nitrogens with one attached hydrogen (secondary N) is 1. The van der Waals surface area contributed by atoms with Crippen molar-refractivity contribution in [1.82, 2.24) is 4.90 Å². The Morgan fingerprint density at radius 2 is 1.79 bits per heavy atom. The minimum atomic E-state index is 0.0884. The van der Waals surface area contributed by atoms with Gasteiger partial charge in [0.2, 0.25) is 5.91 Å². The van der Waals surface area contributed by atoms with E-state index in [2.05, 4.69) is 42.3 Å². The summed E-state index contributed by atoms with van der Waals surface area (Å²) in [5.74, 6) is 1.50. The fourth-order valence-corrected chi connectivity index (χ4v) is 3.51. The van der Waals surface area contributed by atoms with Gasteiger partial charge in [-0.05, 0) is 43.2 Å². The Morgan fingerprint density at radius 1 is 1.04 bits per heavy atom. The van der Waals surface area contributed by atoms with Gasteiger partial charge in [-0.1, -0.05) is 12.1 Å². The summed E-state index contributed by atoms with van der Waals surface area (Å²) in [6, 6.07) is 11.9. The molecule has 1 aliphatic rings. The van der Waals surface area contributed by atoms with Gasteiger partial charge >= 0.3 is 0 Å². The smallest absolute Gasteiger partial charge is 0.241 e. The lowest BCUT2D eigenvalue weighted by molar-refractivity contribution is -0.129. The largest absolute Gasteiger partial charge is 0.497 e. The number of nitrogens with zero attached hydrogens (tertiary/aromatic N) is 2. The second-order valence-corrected chi connectivity index (χ2v) is 7.01. The van der Waals surface area contributed by atoms with Crippen LogP contribution in [0.15, 0.2) is 36.4 Å². The molecule has 0 spiro atoms. The first kappa shape index (κ1) is 19.9. The van der Waals surface area contributed by atoms with Gasteiger partial charge in [0, 0.05) is 37.9 Å². The Balaban J connectivity index is 1.57. The lowest BCUT2D eigenvalue weighted by Crippen LogP contribution is -2.50. The number of hydrogen-bond donors (Lipinski definition) is 1. The quantitative estimate of drug-likeness (QED) is 0.831. The topological polar surface area (TPSA) is 54.0 Å². The van der Waals surface area contributed by atoms with Crippen LogP contribution in [-0.2, 0) is 4.79 Å². The molecule has 2 aromatic carbocycles. The number of anilines is 2. The Bertz CT molecular complexity index is 830. The molecule has 0 bridgehead atoms. The summed E-state index contributed by atoms with van der Waals surface area (Å²) in [4.78, 5) is 16.9. The Hall–Kier alpha value is -2.89. The van der Waals surface area contributed by atoms with Gasteiger partial charge in [-0.2, -0.15) is 0 Å². The van der Waals surface area contributed by atoms with Crippen molar-refractivity contribution >= 4 is 17.3 Å². The summed E-state index contributed by atoms with van der Waals surface area (Å²) in [6.45, 7) is 7.67. The van der Waals surface area contributed by atoms with Crippen molar-refractivity contribution in [3.8, 4) is 11.5 Å². The molecule has 1 amide bonds. The van der Waals surface area contributed by atoms with Crippen LogP contribution in [0.3, 0.4) is 0 Å². The summed E-state index contributed by atoms with van der Waals surface area (Å²) < 4.78 is 10.6. The zero-order valence-corrected chi connectivity index (χ0v) is 17.1. The van der Waals surface area contributed by atoms with E-state index < -0.39 is 0 Å². The summed E-state index contributed by atoms with van der Waals surface area (Å²) in [5.41, 5.74) is 4.64. The standard InChI is InChI=1S/C22H29N3O3/c1-16-6-5-7-20(17(16)2)24-10-12-25(13-11-24)22(26)15-23-19-14-18(27-3)8-9-21(19)28-4/h5-9,14,23H,10-13,15H2,1-4H3. The van der Waals surface area contributed by atoms with Crippen molar-refractivity contribution in [2.45, 2.75) is 13.8 Å². The van der Waals surface area contributed by atoms with Crippen LogP contribution < -0.4 is 19.7 Å². The number of carbonyl (C=O) groups excluding carboxylic acids is 1. The van der Waals surface area contributed by atoms with E-state index in [0.717, 1.165) is 37.6 Å². The zero-order chi connectivity index (χ0) is 20.1. The molecule has 1 fully saturated rings. The first-order valence-corrected chi connectivity index (χ1v) is 9.58. The first-order valence-electron chi connectivity index (χ1n) is 9.58. The lowest BCUT2D eigenvalue weighted by atomic mass is 10.1. The fourth-order valence-electron chi connectivity index (χ4n) is 3.51. The predicted molar refractivity (Wildman–Crippen MR) is 113 cm³/mol. The molecule has 150 valence electrons. The molecular formula is C22H29N3O3. The van der Waals surface area contributed by atoms with E-state index in [-0.39, 0.29) is 12.5 Å². The molecule has 28 heavy (non-hydrogen) atoms. The van der Waals surface area contributed by atoms with Crippen LogP contribution in [-0.4, -0.2) is 57.8 Å². The molecule has 1 aliphatic heterocycles. The van der Waals surface area contributed by atoms with E-state index in [1.807, 2.05) is 23.1 Å². The van der Waals surface area contributed by atoms with Crippen LogP contribution >= 0.6 is 0 Å². The van der Waals surface area contributed by atoms with E-state index >= 15 is 0 Å². The molecule has 0 saturated carbocycles. The van der Waals surface area contributed by atoms with Gasteiger partial charge in [-0.25, -0.2) is 0 Å². The van der Waals surface area contributed by atoms with Gasteiger partial charge in [0.1, 0.15) is 11.5 Å². The van der Waals surface area contributed by atoms with Crippen molar-refractivity contribution in [3.05, 3.63) is 47.5 Å². The van der Waals surface area contributed by atoms with Gasteiger partial charge in [0.25, 0.3) is 0 Å². The summed E-state index contributed by atoms with van der Waals surface area (Å²) in [6.07, 6.45) is 0. The molecule has 2 aromatic rings. The number of ether oxygens (including phenoxy) is 2. The van der Waals surface area contributed by atoms with Crippen molar-refractivity contribution in [1.29, 1.82) is 0 Å². The molecule has 3 rings (SSSR count). The maximum absolute atomic E-state index is 12.7. The molecule has 0 aromatic heterocycles. The van der Waals surface area contributed by atoms with Crippen LogP contribution in [0.4, 0.5) is 11.4 Å². The zero-order valence-electron chi connectivity index (χ0n) is 17.1. The molecule has 6 heteroatoms. The number of benzene rings is 2. The SMILES string of the molecule is COc1ccc(OC)c(NCC(=O)N2CCN(c3cccc(C)c3C)CC2)c1. The van der Waals surface area contributed by atoms with Crippen LogP contribution in [0, 0.1) is 13.8 Å². The van der Waals surface area contributed by atoms with Gasteiger partial charge in [0.05, 0.1) is 26.5 Å². The number of hydrogen-bond acceptors (Lipinski definition) is 5. The first-order chi connectivity index (χ1) is 13.5. The van der Waals surface area contributed by atoms with Crippen molar-refractivity contribution in [2.24, 2.45) is 0 Å². The van der Waals surface area contributed by atoms with Crippen molar-refractivity contribution < 1.29 is 14.3 Å². The number of rotatable bonds is 6. The molecule has 0 aliphatic carbocycles. The van der Waals surface area contributed by atoms with E-state index in [1.165, 1.54) is 16.8 Å². The molecule has 6 nitrogen and oxygen atoms in total. The van der Waals surface area contributed by atoms with Crippen LogP contribution in [0.5, 0.6) is 11.5 Å². The second kappa shape index (κ2) is 8.87. The Labute approximate surface area is 167 Å². The predicted octanol–water partition coefficient (Wildman–Crippen LogP) is 3.08. The van der Waals surface area contributed by atoms with Crippen LogP contribution in [0.25, 0.3) is 0 Å². The molecular weight excluding hydrogens is 354 g/mol. The van der Waals surface area contributed by atoms with E-state index in [0.29, 0.717) is 5.75 Å². The summed E-state index contributed by atoms with van der Waals surface area (Å²) >= 11 is 0. The summed E-state index contributed by atoms with van der Waals surface area (Å²) in [7, 11) is 3.23. The minimum absolute atomic E-state index is 0.0884. The molecule has 0 radical (unpaired) electrons. The third-order valence-corrected chi connectivity index (χ3v) is 5.39. The average Bonchev–Trinajstić information content (AvgIpc) is 2.73. The highest BCUT2D eigenvalue weighted by molar-refractivity contribution is 5.82. The van der Waals surface area contributed by atoms with Crippen molar-refractivity contribution in [3.63, 3.8) is 0 Å². The van der Waals surface area contributed by atoms with E-state index in [9.17, 15) is 4.79 Å². The maximum Gasteiger partial charge on any atom is 0.241 e. The highest BCUT2D eigenvalue weighted by atomic mass is 16.5. The molecule has 1 saturated heterocycles. The second-order valence-electron chi connectivity index (χ2n) is 7.01. The van der Waals surface area contributed by atoms with Crippen LogP contribution in [0.1, 0.15) is 11.1 Å². The Kier molecular flexibility index (Phi) is 6.29. The average molecular weight is 383 g/mol. The van der Waals surface area contributed by atoms with E-state index in [1.54, 1.807) is 14.2 Å². The number of carbonyl (C=O) groups is 1.